The van der Waals surface area contributed by atoms with Crippen LogP contribution in [0.15, 0.2) is 29.6 Å². The number of amides is 3. The van der Waals surface area contributed by atoms with Crippen LogP contribution in [0.1, 0.15) is 13.8 Å². The molecule has 0 aliphatic heterocycles. The number of rotatable bonds is 4. The lowest BCUT2D eigenvalue weighted by Gasteiger charge is -2.17. The number of primary amides is 1. The number of fused-ring (bicyclic) bond motifs is 1. The molecule has 0 aliphatic carbocycles. The second kappa shape index (κ2) is 5.91. The summed E-state index contributed by atoms with van der Waals surface area (Å²) in [7, 11) is 0. The van der Waals surface area contributed by atoms with Gasteiger partial charge in [-0.1, -0.05) is 31.7 Å². The van der Waals surface area contributed by atoms with E-state index in [0.29, 0.717) is 10.8 Å². The maximum Gasteiger partial charge on any atom is 0.318 e. The van der Waals surface area contributed by atoms with Crippen molar-refractivity contribution in [2.75, 3.05) is 0 Å². The predicted octanol–water partition coefficient (Wildman–Crippen LogP) is 1.04. The molecule has 2 rings (SSSR count). The van der Waals surface area contributed by atoms with Crippen molar-refractivity contribution in [1.29, 1.82) is 0 Å². The zero-order chi connectivity index (χ0) is 14.7. The van der Waals surface area contributed by atoms with Crippen LogP contribution in [0.25, 0.3) is 5.65 Å². The average Bonchev–Trinajstić information content (AvgIpc) is 2.77. The SMILES string of the molecule is CC(C)C(Sc1nnc2ccccn12)C(=O)NC(N)=O. The molecule has 0 radical (unpaired) electrons. The number of pyridine rings is 1. The summed E-state index contributed by atoms with van der Waals surface area (Å²) in [6.45, 7) is 3.78. The maximum absolute atomic E-state index is 12.0. The van der Waals surface area contributed by atoms with E-state index in [4.69, 9.17) is 5.73 Å². The molecule has 0 spiro atoms. The summed E-state index contributed by atoms with van der Waals surface area (Å²) in [6, 6.07) is 4.68. The lowest BCUT2D eigenvalue weighted by atomic mass is 10.1. The minimum Gasteiger partial charge on any atom is -0.351 e. The summed E-state index contributed by atoms with van der Waals surface area (Å²) in [4.78, 5) is 22.8. The van der Waals surface area contributed by atoms with Crippen LogP contribution in [0.2, 0.25) is 0 Å². The van der Waals surface area contributed by atoms with E-state index in [9.17, 15) is 9.59 Å². The Morgan fingerprint density at radius 1 is 1.35 bits per heavy atom. The van der Waals surface area contributed by atoms with Gasteiger partial charge in [-0.3, -0.25) is 14.5 Å². The van der Waals surface area contributed by atoms with E-state index in [1.165, 1.54) is 11.8 Å². The van der Waals surface area contributed by atoms with E-state index >= 15 is 0 Å². The third-order valence-corrected chi connectivity index (χ3v) is 4.13. The number of hydrogen-bond donors (Lipinski definition) is 2. The van der Waals surface area contributed by atoms with Gasteiger partial charge in [0.15, 0.2) is 10.8 Å². The number of nitrogens with two attached hydrogens (primary N) is 1. The Morgan fingerprint density at radius 3 is 2.75 bits per heavy atom. The molecule has 0 bridgehead atoms. The van der Waals surface area contributed by atoms with Crippen LogP contribution in [0.3, 0.4) is 0 Å². The van der Waals surface area contributed by atoms with Gasteiger partial charge in [0.05, 0.1) is 5.25 Å². The molecule has 106 valence electrons. The fourth-order valence-corrected chi connectivity index (χ4v) is 2.72. The fourth-order valence-electron chi connectivity index (χ4n) is 1.70. The molecule has 7 nitrogen and oxygen atoms in total. The van der Waals surface area contributed by atoms with Gasteiger partial charge in [-0.25, -0.2) is 4.79 Å². The molecule has 1 atom stereocenters. The molecule has 1 unspecified atom stereocenters. The molecule has 0 saturated heterocycles. The number of hydrogen-bond acceptors (Lipinski definition) is 5. The highest BCUT2D eigenvalue weighted by Crippen LogP contribution is 2.27. The van der Waals surface area contributed by atoms with Gasteiger partial charge >= 0.3 is 6.03 Å². The van der Waals surface area contributed by atoms with Crippen LogP contribution >= 0.6 is 11.8 Å². The third-order valence-electron chi connectivity index (χ3n) is 2.63. The molecule has 2 heterocycles. The Hall–Kier alpha value is -2.09. The van der Waals surface area contributed by atoms with E-state index < -0.39 is 17.2 Å². The molecule has 3 amide bonds. The second-order valence-corrected chi connectivity index (χ2v) is 5.66. The van der Waals surface area contributed by atoms with Crippen molar-refractivity contribution < 1.29 is 9.59 Å². The number of nitrogens with one attached hydrogen (secondary N) is 1. The van der Waals surface area contributed by atoms with Gasteiger partial charge in [-0.2, -0.15) is 0 Å². The standard InChI is InChI=1S/C12H15N5O2S/c1-7(2)9(10(18)14-11(13)19)20-12-16-15-8-5-3-4-6-17(8)12/h3-7,9H,1-2H3,(H3,13,14,18,19). The molecule has 2 aromatic heterocycles. The molecule has 0 aliphatic rings. The summed E-state index contributed by atoms with van der Waals surface area (Å²) in [6.07, 6.45) is 1.82. The second-order valence-electron chi connectivity index (χ2n) is 4.55. The first-order valence-electron chi connectivity index (χ1n) is 6.05. The van der Waals surface area contributed by atoms with Crippen molar-refractivity contribution in [1.82, 2.24) is 19.9 Å². The van der Waals surface area contributed by atoms with Crippen molar-refractivity contribution in [2.24, 2.45) is 11.7 Å². The topological polar surface area (TPSA) is 102 Å². The monoisotopic (exact) mass is 293 g/mol. The zero-order valence-electron chi connectivity index (χ0n) is 11.1. The van der Waals surface area contributed by atoms with Crippen LogP contribution in [-0.2, 0) is 4.79 Å². The van der Waals surface area contributed by atoms with Crippen LogP contribution in [-0.4, -0.2) is 31.8 Å². The molecule has 8 heteroatoms. The molecule has 20 heavy (non-hydrogen) atoms. The number of carbonyl (C=O) groups is 2. The summed E-state index contributed by atoms with van der Waals surface area (Å²) in [5.41, 5.74) is 5.68. The molecule has 0 fully saturated rings. The van der Waals surface area contributed by atoms with Gasteiger partial charge < -0.3 is 5.73 Å². The zero-order valence-corrected chi connectivity index (χ0v) is 11.9. The Morgan fingerprint density at radius 2 is 2.10 bits per heavy atom. The van der Waals surface area contributed by atoms with Gasteiger partial charge in [0.1, 0.15) is 0 Å². The minimum atomic E-state index is -0.854. The minimum absolute atomic E-state index is 0.00964. The molecule has 3 N–H and O–H groups in total. The number of urea groups is 1. The molecule has 0 saturated carbocycles. The largest absolute Gasteiger partial charge is 0.351 e. The van der Waals surface area contributed by atoms with E-state index in [1.54, 1.807) is 4.40 Å². The molecular weight excluding hydrogens is 278 g/mol. The molecule has 0 aromatic carbocycles. The lowest BCUT2D eigenvalue weighted by Crippen LogP contribution is -2.42. The quantitative estimate of drug-likeness (QED) is 0.820. The smallest absolute Gasteiger partial charge is 0.318 e. The Labute approximate surface area is 119 Å². The van der Waals surface area contributed by atoms with Gasteiger partial charge in [-0.15, -0.1) is 10.2 Å². The highest BCUT2D eigenvalue weighted by atomic mass is 32.2. The van der Waals surface area contributed by atoms with Crippen LogP contribution in [0, 0.1) is 5.92 Å². The van der Waals surface area contributed by atoms with E-state index in [-0.39, 0.29) is 5.92 Å². The van der Waals surface area contributed by atoms with Crippen molar-refractivity contribution >= 4 is 29.3 Å². The highest BCUT2D eigenvalue weighted by molar-refractivity contribution is 8.00. The van der Waals surface area contributed by atoms with Crippen LogP contribution in [0.5, 0.6) is 0 Å². The highest BCUT2D eigenvalue weighted by Gasteiger charge is 2.26. The van der Waals surface area contributed by atoms with Crippen molar-refractivity contribution in [3.05, 3.63) is 24.4 Å². The Kier molecular flexibility index (Phi) is 4.23. The summed E-state index contributed by atoms with van der Waals surface area (Å²) >= 11 is 1.25. The van der Waals surface area contributed by atoms with Crippen molar-refractivity contribution in [2.45, 2.75) is 24.3 Å². The number of thioether (sulfide) groups is 1. The summed E-state index contributed by atoms with van der Waals surface area (Å²) in [5.74, 6) is -0.416. The first kappa shape index (κ1) is 14.3. The van der Waals surface area contributed by atoms with Gasteiger partial charge in [0.25, 0.3) is 0 Å². The van der Waals surface area contributed by atoms with Gasteiger partial charge in [-0.05, 0) is 18.1 Å². The lowest BCUT2D eigenvalue weighted by molar-refractivity contribution is -0.120. The normalized spacial score (nSPS) is 12.6. The molecule has 2 aromatic rings. The van der Waals surface area contributed by atoms with Gasteiger partial charge in [0, 0.05) is 6.20 Å². The van der Waals surface area contributed by atoms with E-state index in [2.05, 4.69) is 15.5 Å². The number of carbonyl (C=O) groups excluding carboxylic acids is 2. The molecular formula is C12H15N5O2S. The van der Waals surface area contributed by atoms with Crippen LogP contribution < -0.4 is 11.1 Å². The summed E-state index contributed by atoms with van der Waals surface area (Å²) in [5, 5.41) is 10.3. The number of nitrogens with zero attached hydrogens (tertiary/aromatic N) is 3. The average molecular weight is 293 g/mol. The van der Waals surface area contributed by atoms with Crippen molar-refractivity contribution in [3.63, 3.8) is 0 Å². The number of aromatic nitrogens is 3. The predicted molar refractivity (Wildman–Crippen MR) is 75.2 cm³/mol. The third kappa shape index (κ3) is 3.08. The first-order valence-corrected chi connectivity index (χ1v) is 6.93. The van der Waals surface area contributed by atoms with Crippen LogP contribution in [0.4, 0.5) is 4.79 Å². The van der Waals surface area contributed by atoms with Gasteiger partial charge in [0.2, 0.25) is 5.91 Å². The van der Waals surface area contributed by atoms with E-state index in [0.717, 1.165) is 0 Å². The van der Waals surface area contributed by atoms with Crippen molar-refractivity contribution in [3.8, 4) is 0 Å². The Balaban J connectivity index is 2.24. The first-order chi connectivity index (χ1) is 9.49. The number of imide groups is 1. The maximum atomic E-state index is 12.0. The van der Waals surface area contributed by atoms with E-state index in [1.807, 2.05) is 38.2 Å². The fraction of sp³-hybridized carbons (Fsp3) is 0.333. The Bertz CT molecular complexity index is 640. The summed E-state index contributed by atoms with van der Waals surface area (Å²) < 4.78 is 1.79.